The van der Waals surface area contributed by atoms with Gasteiger partial charge in [0.25, 0.3) is 0 Å². The first-order valence-corrected chi connectivity index (χ1v) is 8.95. The van der Waals surface area contributed by atoms with Crippen molar-refractivity contribution in [3.8, 4) is 0 Å². The fourth-order valence-corrected chi connectivity index (χ4v) is 4.23. The standard InChI is InChI=1S/C19H38/c1-7-8-16(5)17(6)19(13-14(2)3)18-11-9-15(4)10-12-18/h14-19H,7-13H2,1-6H3. The van der Waals surface area contributed by atoms with Crippen LogP contribution in [-0.2, 0) is 0 Å². The van der Waals surface area contributed by atoms with Crippen LogP contribution in [0.1, 0.15) is 86.5 Å². The highest BCUT2D eigenvalue weighted by molar-refractivity contribution is 4.82. The molecule has 1 fully saturated rings. The van der Waals surface area contributed by atoms with E-state index in [-0.39, 0.29) is 0 Å². The molecule has 0 heteroatoms. The lowest BCUT2D eigenvalue weighted by Gasteiger charge is -2.39. The van der Waals surface area contributed by atoms with Gasteiger partial charge in [-0.1, -0.05) is 67.2 Å². The van der Waals surface area contributed by atoms with Gasteiger partial charge in [0.2, 0.25) is 0 Å². The largest absolute Gasteiger partial charge is 0.0654 e. The summed E-state index contributed by atoms with van der Waals surface area (Å²) in [6, 6.07) is 0. The van der Waals surface area contributed by atoms with E-state index in [1.165, 1.54) is 44.9 Å². The second-order valence-corrected chi connectivity index (χ2v) is 7.94. The lowest BCUT2D eigenvalue weighted by molar-refractivity contribution is 0.110. The summed E-state index contributed by atoms with van der Waals surface area (Å²) in [5.41, 5.74) is 0. The predicted octanol–water partition coefficient (Wildman–Crippen LogP) is 6.55. The highest BCUT2D eigenvalue weighted by Crippen LogP contribution is 2.42. The molecule has 0 spiro atoms. The zero-order valence-electron chi connectivity index (χ0n) is 14.4. The number of hydrogen-bond donors (Lipinski definition) is 0. The lowest BCUT2D eigenvalue weighted by atomic mass is 9.66. The second-order valence-electron chi connectivity index (χ2n) is 7.94. The van der Waals surface area contributed by atoms with Gasteiger partial charge in [0.1, 0.15) is 0 Å². The molecule has 0 aromatic carbocycles. The summed E-state index contributed by atoms with van der Waals surface area (Å²) in [6.07, 6.45) is 10.2. The Morgan fingerprint density at radius 2 is 1.53 bits per heavy atom. The molecule has 1 rings (SSSR count). The van der Waals surface area contributed by atoms with Gasteiger partial charge in [-0.05, 0) is 54.8 Å². The van der Waals surface area contributed by atoms with Crippen molar-refractivity contribution in [3.63, 3.8) is 0 Å². The molecule has 114 valence electrons. The fraction of sp³-hybridized carbons (Fsp3) is 1.00. The molecule has 0 amide bonds. The van der Waals surface area contributed by atoms with Crippen LogP contribution >= 0.6 is 0 Å². The molecule has 0 aromatic heterocycles. The number of hydrogen-bond acceptors (Lipinski definition) is 0. The zero-order valence-corrected chi connectivity index (χ0v) is 14.4. The Bertz CT molecular complexity index is 220. The SMILES string of the molecule is CCCC(C)C(C)C(CC(C)C)C1CCC(C)CC1. The molecule has 0 bridgehead atoms. The van der Waals surface area contributed by atoms with Crippen LogP contribution in [0.2, 0.25) is 0 Å². The summed E-state index contributed by atoms with van der Waals surface area (Å²) in [5, 5.41) is 0. The molecule has 19 heavy (non-hydrogen) atoms. The van der Waals surface area contributed by atoms with E-state index in [4.69, 9.17) is 0 Å². The Hall–Kier alpha value is 0. The van der Waals surface area contributed by atoms with Crippen molar-refractivity contribution >= 4 is 0 Å². The molecule has 0 N–H and O–H groups in total. The van der Waals surface area contributed by atoms with Crippen molar-refractivity contribution in [1.82, 2.24) is 0 Å². The molecule has 0 heterocycles. The normalized spacial score (nSPS) is 29.2. The minimum absolute atomic E-state index is 0.862. The minimum atomic E-state index is 0.862. The summed E-state index contributed by atoms with van der Waals surface area (Å²) in [4.78, 5) is 0. The summed E-state index contributed by atoms with van der Waals surface area (Å²) < 4.78 is 0. The van der Waals surface area contributed by atoms with Crippen LogP contribution in [-0.4, -0.2) is 0 Å². The number of rotatable bonds is 7. The zero-order chi connectivity index (χ0) is 14.4. The van der Waals surface area contributed by atoms with Crippen LogP contribution in [0.4, 0.5) is 0 Å². The van der Waals surface area contributed by atoms with Gasteiger partial charge in [0, 0.05) is 0 Å². The van der Waals surface area contributed by atoms with Crippen molar-refractivity contribution < 1.29 is 0 Å². The molecule has 3 unspecified atom stereocenters. The van der Waals surface area contributed by atoms with Gasteiger partial charge in [-0.25, -0.2) is 0 Å². The predicted molar refractivity (Wildman–Crippen MR) is 87.3 cm³/mol. The Balaban J connectivity index is 2.64. The first-order chi connectivity index (χ1) is 8.95. The van der Waals surface area contributed by atoms with Crippen LogP contribution in [0.15, 0.2) is 0 Å². The van der Waals surface area contributed by atoms with Gasteiger partial charge in [-0.15, -0.1) is 0 Å². The average Bonchev–Trinajstić information content (AvgIpc) is 2.36. The molecule has 1 aliphatic rings. The lowest BCUT2D eigenvalue weighted by Crippen LogP contribution is -2.30. The van der Waals surface area contributed by atoms with E-state index >= 15 is 0 Å². The first-order valence-electron chi connectivity index (χ1n) is 8.95. The minimum Gasteiger partial charge on any atom is -0.0654 e. The third kappa shape index (κ3) is 5.48. The van der Waals surface area contributed by atoms with Gasteiger partial charge in [-0.2, -0.15) is 0 Å². The van der Waals surface area contributed by atoms with E-state index in [1.54, 1.807) is 0 Å². The van der Waals surface area contributed by atoms with E-state index in [9.17, 15) is 0 Å². The quantitative estimate of drug-likeness (QED) is 0.490. The third-order valence-corrected chi connectivity index (χ3v) is 5.73. The van der Waals surface area contributed by atoms with Gasteiger partial charge < -0.3 is 0 Å². The molecule has 3 atom stereocenters. The Morgan fingerprint density at radius 1 is 0.947 bits per heavy atom. The third-order valence-electron chi connectivity index (χ3n) is 5.73. The molecule has 0 aromatic rings. The molecule has 0 radical (unpaired) electrons. The van der Waals surface area contributed by atoms with E-state index in [0.717, 1.165) is 35.5 Å². The van der Waals surface area contributed by atoms with Gasteiger partial charge in [-0.3, -0.25) is 0 Å². The van der Waals surface area contributed by atoms with E-state index in [0.29, 0.717) is 0 Å². The average molecular weight is 267 g/mol. The smallest absolute Gasteiger partial charge is 0.0355 e. The van der Waals surface area contributed by atoms with Crippen LogP contribution < -0.4 is 0 Å². The van der Waals surface area contributed by atoms with E-state index in [2.05, 4.69) is 41.5 Å². The monoisotopic (exact) mass is 266 g/mol. The summed E-state index contributed by atoms with van der Waals surface area (Å²) in [7, 11) is 0. The van der Waals surface area contributed by atoms with Crippen molar-refractivity contribution in [2.24, 2.45) is 35.5 Å². The van der Waals surface area contributed by atoms with Crippen molar-refractivity contribution in [1.29, 1.82) is 0 Å². The second kappa shape index (κ2) is 8.32. The Kier molecular flexibility index (Phi) is 7.47. The summed E-state index contributed by atoms with van der Waals surface area (Å²) in [5.74, 6) is 5.68. The molecule has 1 aliphatic carbocycles. The van der Waals surface area contributed by atoms with Gasteiger partial charge >= 0.3 is 0 Å². The molecular weight excluding hydrogens is 228 g/mol. The van der Waals surface area contributed by atoms with Crippen LogP contribution in [0, 0.1) is 35.5 Å². The molecule has 0 saturated heterocycles. The molecular formula is C19H38. The highest BCUT2D eigenvalue weighted by atomic mass is 14.4. The maximum atomic E-state index is 2.55. The topological polar surface area (TPSA) is 0 Å². The van der Waals surface area contributed by atoms with E-state index < -0.39 is 0 Å². The first kappa shape index (κ1) is 17.1. The maximum Gasteiger partial charge on any atom is -0.0355 e. The van der Waals surface area contributed by atoms with Crippen molar-refractivity contribution in [2.45, 2.75) is 86.5 Å². The van der Waals surface area contributed by atoms with Crippen molar-refractivity contribution in [3.05, 3.63) is 0 Å². The fourth-order valence-electron chi connectivity index (χ4n) is 4.23. The molecule has 0 aliphatic heterocycles. The van der Waals surface area contributed by atoms with Gasteiger partial charge in [0.05, 0.1) is 0 Å². The summed E-state index contributed by atoms with van der Waals surface area (Å²) in [6.45, 7) is 14.6. The van der Waals surface area contributed by atoms with E-state index in [1.807, 2.05) is 0 Å². The maximum absolute atomic E-state index is 2.55. The molecule has 0 nitrogen and oxygen atoms in total. The Morgan fingerprint density at radius 3 is 2.00 bits per heavy atom. The highest BCUT2D eigenvalue weighted by Gasteiger charge is 2.32. The van der Waals surface area contributed by atoms with Crippen LogP contribution in [0.5, 0.6) is 0 Å². The van der Waals surface area contributed by atoms with Crippen LogP contribution in [0.25, 0.3) is 0 Å². The van der Waals surface area contributed by atoms with Crippen LogP contribution in [0.3, 0.4) is 0 Å². The summed E-state index contributed by atoms with van der Waals surface area (Å²) >= 11 is 0. The Labute approximate surface area is 122 Å². The van der Waals surface area contributed by atoms with Crippen molar-refractivity contribution in [2.75, 3.05) is 0 Å². The molecule has 1 saturated carbocycles. The van der Waals surface area contributed by atoms with Gasteiger partial charge in [0.15, 0.2) is 0 Å².